The number of rotatable bonds is 7. The highest BCUT2D eigenvalue weighted by atomic mass is 16.5. The van der Waals surface area contributed by atoms with Crippen molar-refractivity contribution in [1.29, 1.82) is 0 Å². The van der Waals surface area contributed by atoms with Gasteiger partial charge in [0.1, 0.15) is 5.75 Å². The van der Waals surface area contributed by atoms with Gasteiger partial charge in [-0.05, 0) is 49.9 Å². The third-order valence-corrected chi connectivity index (χ3v) is 4.32. The van der Waals surface area contributed by atoms with Gasteiger partial charge in [-0.1, -0.05) is 26.0 Å². The fourth-order valence-electron chi connectivity index (χ4n) is 2.61. The zero-order valence-electron chi connectivity index (χ0n) is 16.1. The molecule has 0 radical (unpaired) electrons. The third kappa shape index (κ3) is 4.61. The first-order valence-electron chi connectivity index (χ1n) is 9.16. The maximum absolute atomic E-state index is 12.5. The van der Waals surface area contributed by atoms with E-state index in [4.69, 9.17) is 4.74 Å². The van der Waals surface area contributed by atoms with E-state index in [2.05, 4.69) is 34.2 Å². The van der Waals surface area contributed by atoms with E-state index in [9.17, 15) is 4.79 Å². The number of benzene rings is 1. The number of aryl methyl sites for hydroxylation is 1. The predicted molar refractivity (Wildman–Crippen MR) is 103 cm³/mol. The molecule has 1 N–H and O–H groups in total. The smallest absolute Gasteiger partial charge is 0.291 e. The van der Waals surface area contributed by atoms with Crippen LogP contribution in [-0.2, 0) is 0 Å². The molecule has 3 aromatic rings. The lowest BCUT2D eigenvalue weighted by Gasteiger charge is -2.14. The highest BCUT2D eigenvalue weighted by molar-refractivity contribution is 5.91. The number of carbonyl (C=O) groups is 1. The van der Waals surface area contributed by atoms with Crippen LogP contribution in [0.25, 0.3) is 5.78 Å². The molecule has 1 amide bonds. The zero-order valence-corrected chi connectivity index (χ0v) is 16.1. The maximum atomic E-state index is 12.5. The van der Waals surface area contributed by atoms with Gasteiger partial charge in [0.15, 0.2) is 0 Å². The minimum absolute atomic E-state index is 0.109. The summed E-state index contributed by atoms with van der Waals surface area (Å²) in [5.74, 6) is 1.64. The minimum atomic E-state index is -0.329. The summed E-state index contributed by atoms with van der Waals surface area (Å²) in [4.78, 5) is 20.8. The van der Waals surface area contributed by atoms with Gasteiger partial charge in [-0.15, -0.1) is 5.10 Å². The number of carbonyl (C=O) groups excluding carboxylic acids is 1. The van der Waals surface area contributed by atoms with Gasteiger partial charge in [0.25, 0.3) is 11.7 Å². The molecule has 0 saturated heterocycles. The molecule has 1 atom stereocenters. The van der Waals surface area contributed by atoms with Crippen LogP contribution in [0.1, 0.15) is 55.1 Å². The lowest BCUT2D eigenvalue weighted by Crippen LogP contribution is -2.27. The second-order valence-corrected chi connectivity index (χ2v) is 7.03. The van der Waals surface area contributed by atoms with E-state index in [0.29, 0.717) is 18.3 Å². The van der Waals surface area contributed by atoms with E-state index in [1.54, 1.807) is 10.7 Å². The van der Waals surface area contributed by atoms with E-state index in [-0.39, 0.29) is 17.8 Å². The van der Waals surface area contributed by atoms with E-state index < -0.39 is 0 Å². The van der Waals surface area contributed by atoms with Crippen molar-refractivity contribution in [1.82, 2.24) is 24.9 Å². The molecule has 1 unspecified atom stereocenters. The normalized spacial score (nSPS) is 12.3. The van der Waals surface area contributed by atoms with Crippen LogP contribution in [0.4, 0.5) is 0 Å². The summed E-state index contributed by atoms with van der Waals surface area (Å²) in [6, 6.07) is 9.40. The van der Waals surface area contributed by atoms with Gasteiger partial charge >= 0.3 is 0 Å². The first-order valence-corrected chi connectivity index (χ1v) is 9.16. The standard InChI is InChI=1S/C20H25N5O2/c1-13(2)10-12-27-17-7-5-16(6-8-17)15(4)22-19(26)18-23-20-21-11-9-14(3)25(20)24-18/h5-9,11,13,15H,10,12H2,1-4H3,(H,22,26). The number of aromatic nitrogens is 4. The monoisotopic (exact) mass is 367 g/mol. The summed E-state index contributed by atoms with van der Waals surface area (Å²) in [6.07, 6.45) is 2.67. The van der Waals surface area contributed by atoms with Gasteiger partial charge in [0.05, 0.1) is 12.6 Å². The summed E-state index contributed by atoms with van der Waals surface area (Å²) in [5.41, 5.74) is 1.85. The molecule has 27 heavy (non-hydrogen) atoms. The van der Waals surface area contributed by atoms with E-state index >= 15 is 0 Å². The van der Waals surface area contributed by atoms with Gasteiger partial charge in [0, 0.05) is 11.9 Å². The maximum Gasteiger partial charge on any atom is 0.291 e. The van der Waals surface area contributed by atoms with Crippen LogP contribution in [0, 0.1) is 12.8 Å². The molecule has 0 saturated carbocycles. The topological polar surface area (TPSA) is 81.4 Å². The van der Waals surface area contributed by atoms with Crippen LogP contribution in [0.2, 0.25) is 0 Å². The predicted octanol–water partition coefficient (Wildman–Crippen LogP) is 3.35. The van der Waals surface area contributed by atoms with Gasteiger partial charge in [-0.3, -0.25) is 4.79 Å². The summed E-state index contributed by atoms with van der Waals surface area (Å²) in [7, 11) is 0. The molecule has 0 fully saturated rings. The van der Waals surface area contributed by atoms with Crippen LogP contribution < -0.4 is 10.1 Å². The second kappa shape index (κ2) is 8.16. The molecule has 0 aliphatic rings. The Labute approximate surface area is 158 Å². The van der Waals surface area contributed by atoms with Gasteiger partial charge < -0.3 is 10.1 Å². The average Bonchev–Trinajstić information content (AvgIpc) is 3.08. The molecule has 1 aromatic carbocycles. The molecular formula is C20H25N5O2. The van der Waals surface area contributed by atoms with Crippen molar-refractivity contribution in [3.8, 4) is 5.75 Å². The number of amides is 1. The summed E-state index contributed by atoms with van der Waals surface area (Å²) >= 11 is 0. The van der Waals surface area contributed by atoms with Crippen molar-refractivity contribution in [3.63, 3.8) is 0 Å². The quantitative estimate of drug-likeness (QED) is 0.692. The van der Waals surface area contributed by atoms with Crippen LogP contribution in [-0.4, -0.2) is 32.1 Å². The van der Waals surface area contributed by atoms with Crippen molar-refractivity contribution in [2.24, 2.45) is 5.92 Å². The van der Waals surface area contributed by atoms with Gasteiger partial charge in [-0.2, -0.15) is 4.98 Å². The Balaban J connectivity index is 1.62. The Bertz CT molecular complexity index is 918. The van der Waals surface area contributed by atoms with Gasteiger partial charge in [0.2, 0.25) is 5.82 Å². The Morgan fingerprint density at radius 3 is 2.59 bits per heavy atom. The van der Waals surface area contributed by atoms with Gasteiger partial charge in [-0.25, -0.2) is 9.50 Å². The Kier molecular flexibility index (Phi) is 5.69. The SMILES string of the molecule is Cc1ccnc2nc(C(=O)NC(C)c3ccc(OCCC(C)C)cc3)nn12. The summed E-state index contributed by atoms with van der Waals surface area (Å²) in [6.45, 7) is 8.86. The summed E-state index contributed by atoms with van der Waals surface area (Å²) < 4.78 is 7.29. The van der Waals surface area contributed by atoms with Crippen LogP contribution in [0.15, 0.2) is 36.5 Å². The third-order valence-electron chi connectivity index (χ3n) is 4.32. The Morgan fingerprint density at radius 1 is 1.19 bits per heavy atom. The van der Waals surface area contributed by atoms with E-state index in [1.807, 2.05) is 44.2 Å². The number of nitrogens with one attached hydrogen (secondary N) is 1. The second-order valence-electron chi connectivity index (χ2n) is 7.03. The summed E-state index contributed by atoms with van der Waals surface area (Å²) in [5, 5.41) is 7.16. The fourth-order valence-corrected chi connectivity index (χ4v) is 2.61. The number of hydrogen-bond donors (Lipinski definition) is 1. The number of nitrogens with zero attached hydrogens (tertiary/aromatic N) is 4. The molecule has 0 aliphatic heterocycles. The molecular weight excluding hydrogens is 342 g/mol. The molecule has 2 heterocycles. The van der Waals surface area contributed by atoms with Crippen molar-refractivity contribution in [2.45, 2.75) is 40.2 Å². The van der Waals surface area contributed by atoms with E-state index in [0.717, 1.165) is 23.4 Å². The molecule has 7 nitrogen and oxygen atoms in total. The Hall–Kier alpha value is -2.96. The highest BCUT2D eigenvalue weighted by Crippen LogP contribution is 2.18. The van der Waals surface area contributed by atoms with Crippen molar-refractivity contribution >= 4 is 11.7 Å². The average molecular weight is 367 g/mol. The molecule has 0 bridgehead atoms. The first-order chi connectivity index (χ1) is 12.9. The molecule has 7 heteroatoms. The lowest BCUT2D eigenvalue weighted by atomic mass is 10.1. The molecule has 2 aromatic heterocycles. The number of ether oxygens (including phenoxy) is 1. The molecule has 0 spiro atoms. The number of fused-ring (bicyclic) bond motifs is 1. The minimum Gasteiger partial charge on any atom is -0.494 e. The highest BCUT2D eigenvalue weighted by Gasteiger charge is 2.17. The van der Waals surface area contributed by atoms with Crippen molar-refractivity contribution in [3.05, 3.63) is 53.6 Å². The van der Waals surface area contributed by atoms with Crippen molar-refractivity contribution in [2.75, 3.05) is 6.61 Å². The van der Waals surface area contributed by atoms with Crippen LogP contribution in [0.5, 0.6) is 5.75 Å². The largest absolute Gasteiger partial charge is 0.494 e. The Morgan fingerprint density at radius 2 is 1.93 bits per heavy atom. The molecule has 0 aliphatic carbocycles. The van der Waals surface area contributed by atoms with Crippen molar-refractivity contribution < 1.29 is 9.53 Å². The molecule has 142 valence electrons. The first kappa shape index (κ1) is 18.8. The van der Waals surface area contributed by atoms with Crippen LogP contribution in [0.3, 0.4) is 0 Å². The van der Waals surface area contributed by atoms with E-state index in [1.165, 1.54) is 0 Å². The van der Waals surface area contributed by atoms with Crippen LogP contribution >= 0.6 is 0 Å². The molecule has 3 rings (SSSR count). The lowest BCUT2D eigenvalue weighted by molar-refractivity contribution is 0.0929. The fraction of sp³-hybridized carbons (Fsp3) is 0.400. The number of hydrogen-bond acceptors (Lipinski definition) is 5. The zero-order chi connectivity index (χ0) is 19.4.